The van der Waals surface area contributed by atoms with E-state index in [4.69, 9.17) is 18.9 Å². The van der Waals surface area contributed by atoms with Crippen molar-refractivity contribution >= 4 is 11.6 Å². The van der Waals surface area contributed by atoms with Gasteiger partial charge in [-0.3, -0.25) is 4.79 Å². The molecular formula is C18H21NO5. The molecule has 0 aromatic heterocycles. The van der Waals surface area contributed by atoms with E-state index in [1.807, 2.05) is 19.1 Å². The van der Waals surface area contributed by atoms with E-state index >= 15 is 0 Å². The van der Waals surface area contributed by atoms with Crippen LogP contribution in [0.25, 0.3) is 0 Å². The van der Waals surface area contributed by atoms with Gasteiger partial charge in [-0.2, -0.15) is 0 Å². The van der Waals surface area contributed by atoms with Gasteiger partial charge >= 0.3 is 0 Å². The number of carbonyl (C=O) groups is 1. The lowest BCUT2D eigenvalue weighted by atomic mass is 10.1. The number of anilines is 1. The first kappa shape index (κ1) is 17.5. The molecule has 1 amide bonds. The SMILES string of the molecule is CCOc1ccccc1NC(=O)c1c(OC)cc(OC)cc1OC. The van der Waals surface area contributed by atoms with Crippen LogP contribution in [-0.2, 0) is 0 Å². The third-order valence-corrected chi connectivity index (χ3v) is 3.38. The number of benzene rings is 2. The summed E-state index contributed by atoms with van der Waals surface area (Å²) in [5, 5.41) is 2.83. The molecule has 2 aromatic rings. The van der Waals surface area contributed by atoms with Crippen LogP contribution in [0, 0.1) is 0 Å². The van der Waals surface area contributed by atoms with Crippen molar-refractivity contribution in [1.82, 2.24) is 0 Å². The quantitative estimate of drug-likeness (QED) is 0.843. The number of methoxy groups -OCH3 is 3. The normalized spacial score (nSPS) is 10.0. The Kier molecular flexibility index (Phi) is 5.89. The lowest BCUT2D eigenvalue weighted by Gasteiger charge is -2.16. The second kappa shape index (κ2) is 8.10. The van der Waals surface area contributed by atoms with Gasteiger partial charge in [-0.1, -0.05) is 12.1 Å². The van der Waals surface area contributed by atoms with Gasteiger partial charge in [-0.15, -0.1) is 0 Å². The average Bonchev–Trinajstić information content (AvgIpc) is 2.62. The molecule has 6 heteroatoms. The molecule has 6 nitrogen and oxygen atoms in total. The third-order valence-electron chi connectivity index (χ3n) is 3.38. The van der Waals surface area contributed by atoms with Gasteiger partial charge in [0, 0.05) is 12.1 Å². The van der Waals surface area contributed by atoms with Crippen LogP contribution in [0.2, 0.25) is 0 Å². The van der Waals surface area contributed by atoms with Crippen LogP contribution < -0.4 is 24.3 Å². The van der Waals surface area contributed by atoms with E-state index in [-0.39, 0.29) is 11.5 Å². The fraction of sp³-hybridized carbons (Fsp3) is 0.278. The van der Waals surface area contributed by atoms with E-state index in [1.54, 1.807) is 24.3 Å². The van der Waals surface area contributed by atoms with Crippen LogP contribution in [-0.4, -0.2) is 33.8 Å². The summed E-state index contributed by atoms with van der Waals surface area (Å²) in [6.45, 7) is 2.39. The molecule has 0 saturated heterocycles. The molecule has 0 aliphatic carbocycles. The van der Waals surface area contributed by atoms with Crippen molar-refractivity contribution < 1.29 is 23.7 Å². The van der Waals surface area contributed by atoms with Gasteiger partial charge in [-0.05, 0) is 19.1 Å². The van der Waals surface area contributed by atoms with Gasteiger partial charge in [0.1, 0.15) is 28.6 Å². The number of para-hydroxylation sites is 2. The second-order valence-corrected chi connectivity index (χ2v) is 4.79. The first-order valence-corrected chi connectivity index (χ1v) is 7.47. The number of nitrogens with one attached hydrogen (secondary N) is 1. The lowest BCUT2D eigenvalue weighted by molar-refractivity contribution is 0.102. The Labute approximate surface area is 141 Å². The molecule has 0 heterocycles. The maximum Gasteiger partial charge on any atom is 0.263 e. The summed E-state index contributed by atoms with van der Waals surface area (Å²) in [4.78, 5) is 12.8. The zero-order valence-electron chi connectivity index (χ0n) is 14.2. The van der Waals surface area contributed by atoms with Crippen molar-refractivity contribution in [2.45, 2.75) is 6.92 Å². The molecule has 2 rings (SSSR count). The molecule has 0 fully saturated rings. The Morgan fingerprint density at radius 1 is 0.958 bits per heavy atom. The molecule has 0 unspecified atom stereocenters. The predicted molar refractivity (Wildman–Crippen MR) is 91.7 cm³/mol. The topological polar surface area (TPSA) is 66.0 Å². The molecule has 0 bridgehead atoms. The molecule has 0 aliphatic heterocycles. The van der Waals surface area contributed by atoms with Crippen molar-refractivity contribution in [3.05, 3.63) is 42.0 Å². The lowest BCUT2D eigenvalue weighted by Crippen LogP contribution is -2.15. The summed E-state index contributed by atoms with van der Waals surface area (Å²) in [5.41, 5.74) is 0.858. The number of hydrogen-bond acceptors (Lipinski definition) is 5. The van der Waals surface area contributed by atoms with Crippen molar-refractivity contribution in [3.63, 3.8) is 0 Å². The molecule has 0 spiro atoms. The van der Waals surface area contributed by atoms with Crippen LogP contribution in [0.3, 0.4) is 0 Å². The van der Waals surface area contributed by atoms with Gasteiger partial charge in [0.15, 0.2) is 0 Å². The van der Waals surface area contributed by atoms with Gasteiger partial charge in [0.05, 0.1) is 33.6 Å². The Balaban J connectivity index is 2.40. The molecule has 0 saturated carbocycles. The molecule has 128 valence electrons. The highest BCUT2D eigenvalue weighted by atomic mass is 16.5. The summed E-state index contributed by atoms with van der Waals surface area (Å²) in [6.07, 6.45) is 0. The summed E-state index contributed by atoms with van der Waals surface area (Å²) in [6, 6.07) is 10.5. The number of hydrogen-bond donors (Lipinski definition) is 1. The molecule has 0 atom stereocenters. The molecular weight excluding hydrogens is 310 g/mol. The average molecular weight is 331 g/mol. The van der Waals surface area contributed by atoms with E-state index < -0.39 is 0 Å². The minimum absolute atomic E-state index is 0.284. The molecule has 1 N–H and O–H groups in total. The summed E-state index contributed by atoms with van der Waals surface area (Å²) < 4.78 is 21.3. The van der Waals surface area contributed by atoms with Gasteiger partial charge < -0.3 is 24.3 Å². The summed E-state index contributed by atoms with van der Waals surface area (Å²) in [5.74, 6) is 1.49. The zero-order chi connectivity index (χ0) is 17.5. The van der Waals surface area contributed by atoms with Crippen molar-refractivity contribution in [2.24, 2.45) is 0 Å². The maximum atomic E-state index is 12.8. The smallest absolute Gasteiger partial charge is 0.263 e. The van der Waals surface area contributed by atoms with E-state index in [0.717, 1.165) is 0 Å². The first-order valence-electron chi connectivity index (χ1n) is 7.47. The second-order valence-electron chi connectivity index (χ2n) is 4.79. The van der Waals surface area contributed by atoms with E-state index in [2.05, 4.69) is 5.32 Å². The number of carbonyl (C=O) groups excluding carboxylic acids is 1. The van der Waals surface area contributed by atoms with Crippen LogP contribution in [0.1, 0.15) is 17.3 Å². The van der Waals surface area contributed by atoms with Crippen molar-refractivity contribution in [1.29, 1.82) is 0 Å². The van der Waals surface area contributed by atoms with Crippen molar-refractivity contribution in [3.8, 4) is 23.0 Å². The highest BCUT2D eigenvalue weighted by Crippen LogP contribution is 2.35. The number of amides is 1. The Hall–Kier alpha value is -2.89. The Bertz CT molecular complexity index is 689. The van der Waals surface area contributed by atoms with Gasteiger partial charge in [0.25, 0.3) is 5.91 Å². The summed E-state index contributed by atoms with van der Waals surface area (Å²) in [7, 11) is 4.50. The van der Waals surface area contributed by atoms with Crippen LogP contribution in [0.5, 0.6) is 23.0 Å². The largest absolute Gasteiger partial charge is 0.496 e. The van der Waals surface area contributed by atoms with Gasteiger partial charge in [0.2, 0.25) is 0 Å². The Morgan fingerprint density at radius 2 is 1.58 bits per heavy atom. The number of ether oxygens (including phenoxy) is 4. The highest BCUT2D eigenvalue weighted by Gasteiger charge is 2.21. The fourth-order valence-corrected chi connectivity index (χ4v) is 2.27. The maximum absolute atomic E-state index is 12.8. The number of rotatable bonds is 7. The minimum atomic E-state index is -0.362. The first-order chi connectivity index (χ1) is 11.6. The molecule has 0 radical (unpaired) electrons. The highest BCUT2D eigenvalue weighted by molar-refractivity contribution is 6.09. The predicted octanol–water partition coefficient (Wildman–Crippen LogP) is 3.36. The van der Waals surface area contributed by atoms with E-state index in [0.29, 0.717) is 35.3 Å². The van der Waals surface area contributed by atoms with E-state index in [1.165, 1.54) is 21.3 Å². The molecule has 0 aliphatic rings. The van der Waals surface area contributed by atoms with Crippen LogP contribution >= 0.6 is 0 Å². The van der Waals surface area contributed by atoms with Crippen LogP contribution in [0.4, 0.5) is 5.69 Å². The summed E-state index contributed by atoms with van der Waals surface area (Å²) >= 11 is 0. The standard InChI is InChI=1S/C18H21NO5/c1-5-24-14-9-7-6-8-13(14)19-18(20)17-15(22-3)10-12(21-2)11-16(17)23-4/h6-11H,5H2,1-4H3,(H,19,20). The van der Waals surface area contributed by atoms with Crippen molar-refractivity contribution in [2.75, 3.05) is 33.3 Å². The van der Waals surface area contributed by atoms with E-state index in [9.17, 15) is 4.79 Å². The monoisotopic (exact) mass is 331 g/mol. The Morgan fingerprint density at radius 3 is 2.12 bits per heavy atom. The zero-order valence-corrected chi connectivity index (χ0v) is 14.2. The molecule has 2 aromatic carbocycles. The third kappa shape index (κ3) is 3.71. The van der Waals surface area contributed by atoms with Gasteiger partial charge in [-0.25, -0.2) is 0 Å². The molecule has 24 heavy (non-hydrogen) atoms. The fourth-order valence-electron chi connectivity index (χ4n) is 2.27. The minimum Gasteiger partial charge on any atom is -0.496 e. The van der Waals surface area contributed by atoms with Crippen LogP contribution in [0.15, 0.2) is 36.4 Å².